The van der Waals surface area contributed by atoms with Gasteiger partial charge in [-0.1, -0.05) is 13.8 Å². The van der Waals surface area contributed by atoms with Gasteiger partial charge in [-0.2, -0.15) is 0 Å². The summed E-state index contributed by atoms with van der Waals surface area (Å²) in [5.41, 5.74) is 3.44. The quantitative estimate of drug-likeness (QED) is 0.623. The van der Waals surface area contributed by atoms with Gasteiger partial charge in [0.05, 0.1) is 0 Å². The molecule has 14 heavy (non-hydrogen) atoms. The zero-order valence-electron chi connectivity index (χ0n) is 9.63. The van der Waals surface area contributed by atoms with Crippen molar-refractivity contribution in [3.63, 3.8) is 0 Å². The largest absolute Gasteiger partial charge is 0.336 e. The molecule has 0 bridgehead atoms. The highest BCUT2D eigenvalue weighted by molar-refractivity contribution is 5.77. The van der Waals surface area contributed by atoms with Crippen molar-refractivity contribution < 1.29 is 0 Å². The molecule has 2 heteroatoms. The van der Waals surface area contributed by atoms with Gasteiger partial charge in [-0.3, -0.25) is 0 Å². The minimum Gasteiger partial charge on any atom is -0.336 e. The number of hydrogen-bond acceptors (Lipinski definition) is 1. The average molecular weight is 190 g/mol. The van der Waals surface area contributed by atoms with Gasteiger partial charge < -0.3 is 4.57 Å². The fourth-order valence-corrected chi connectivity index (χ4v) is 1.38. The summed E-state index contributed by atoms with van der Waals surface area (Å²) in [5.74, 6) is 0. The number of aryl methyl sites for hydroxylation is 3. The van der Waals surface area contributed by atoms with Crippen LogP contribution in [0.25, 0.3) is 11.0 Å². The van der Waals surface area contributed by atoms with Crippen molar-refractivity contribution >= 4 is 11.0 Å². The van der Waals surface area contributed by atoms with Crippen molar-refractivity contribution in [3.05, 3.63) is 29.6 Å². The fraction of sp³-hybridized carbons (Fsp3) is 0.417. The molecule has 2 nitrogen and oxygen atoms in total. The van der Waals surface area contributed by atoms with E-state index >= 15 is 0 Å². The summed E-state index contributed by atoms with van der Waals surface area (Å²) in [4.78, 5) is 4.50. The lowest BCUT2D eigenvalue weighted by atomic mass is 10.2. The molecule has 0 aliphatic heterocycles. The highest BCUT2D eigenvalue weighted by Gasteiger charge is 2.01. The van der Waals surface area contributed by atoms with Gasteiger partial charge in [0.2, 0.25) is 0 Å². The molecule has 0 N–H and O–H groups in total. The van der Waals surface area contributed by atoms with Gasteiger partial charge in [0.1, 0.15) is 5.65 Å². The van der Waals surface area contributed by atoms with E-state index in [9.17, 15) is 0 Å². The van der Waals surface area contributed by atoms with E-state index in [2.05, 4.69) is 24.0 Å². The van der Waals surface area contributed by atoms with E-state index in [1.54, 1.807) is 0 Å². The van der Waals surface area contributed by atoms with Crippen LogP contribution in [0.3, 0.4) is 0 Å². The standard InChI is InChI=1S/C10H12N2.C2H6/c1-7-6-9-4-5-12(3)10(9)11-8(7)2;1-2/h4-6H,1-3H3;1-2H3. The molecule has 0 unspecified atom stereocenters. The zero-order valence-corrected chi connectivity index (χ0v) is 9.63. The van der Waals surface area contributed by atoms with Crippen molar-refractivity contribution in [2.45, 2.75) is 27.7 Å². The average Bonchev–Trinajstić information content (AvgIpc) is 2.53. The second-order valence-corrected chi connectivity index (χ2v) is 3.23. The highest BCUT2D eigenvalue weighted by Crippen LogP contribution is 2.15. The van der Waals surface area contributed by atoms with Crippen molar-refractivity contribution in [3.8, 4) is 0 Å². The summed E-state index contributed by atoms with van der Waals surface area (Å²) in [6.07, 6.45) is 2.04. The molecule has 2 rings (SSSR count). The van der Waals surface area contributed by atoms with Crippen molar-refractivity contribution in [2.75, 3.05) is 0 Å². The van der Waals surface area contributed by atoms with E-state index in [1.807, 2.05) is 38.6 Å². The van der Waals surface area contributed by atoms with Crippen LogP contribution in [0.1, 0.15) is 25.1 Å². The summed E-state index contributed by atoms with van der Waals surface area (Å²) in [7, 11) is 2.02. The lowest BCUT2D eigenvalue weighted by molar-refractivity contribution is 0.941. The Morgan fingerprint density at radius 3 is 2.50 bits per heavy atom. The number of fused-ring (bicyclic) bond motifs is 1. The van der Waals surface area contributed by atoms with Crippen molar-refractivity contribution in [1.29, 1.82) is 0 Å². The highest BCUT2D eigenvalue weighted by atomic mass is 15.0. The summed E-state index contributed by atoms with van der Waals surface area (Å²) < 4.78 is 2.04. The van der Waals surface area contributed by atoms with Crippen LogP contribution in [0, 0.1) is 13.8 Å². The first-order valence-corrected chi connectivity index (χ1v) is 5.08. The first-order valence-electron chi connectivity index (χ1n) is 5.08. The fourth-order valence-electron chi connectivity index (χ4n) is 1.38. The third-order valence-electron chi connectivity index (χ3n) is 2.29. The molecular formula is C12H18N2. The lowest BCUT2D eigenvalue weighted by Crippen LogP contribution is -1.91. The smallest absolute Gasteiger partial charge is 0.139 e. The van der Waals surface area contributed by atoms with Crippen molar-refractivity contribution in [1.82, 2.24) is 9.55 Å². The topological polar surface area (TPSA) is 17.8 Å². The molecule has 0 aliphatic carbocycles. The van der Waals surface area contributed by atoms with E-state index in [0.717, 1.165) is 11.3 Å². The van der Waals surface area contributed by atoms with Crippen LogP contribution in [-0.2, 0) is 7.05 Å². The molecule has 0 fully saturated rings. The predicted molar refractivity (Wildman–Crippen MR) is 61.5 cm³/mol. The van der Waals surface area contributed by atoms with E-state index in [-0.39, 0.29) is 0 Å². The maximum absolute atomic E-state index is 4.50. The van der Waals surface area contributed by atoms with Crippen LogP contribution in [0.2, 0.25) is 0 Å². The van der Waals surface area contributed by atoms with Crippen molar-refractivity contribution in [2.24, 2.45) is 7.05 Å². The minimum atomic E-state index is 1.07. The van der Waals surface area contributed by atoms with Gasteiger partial charge in [-0.05, 0) is 31.5 Å². The summed E-state index contributed by atoms with van der Waals surface area (Å²) in [5, 5.41) is 1.22. The number of nitrogens with zero attached hydrogens (tertiary/aromatic N) is 2. The molecule has 0 aliphatic rings. The molecule has 0 radical (unpaired) electrons. The lowest BCUT2D eigenvalue weighted by Gasteiger charge is -2.00. The predicted octanol–water partition coefficient (Wildman–Crippen LogP) is 3.22. The normalized spacial score (nSPS) is 9.79. The Balaban J connectivity index is 0.000000461. The van der Waals surface area contributed by atoms with E-state index < -0.39 is 0 Å². The van der Waals surface area contributed by atoms with Gasteiger partial charge in [-0.25, -0.2) is 4.98 Å². The van der Waals surface area contributed by atoms with Crippen LogP contribution in [0.5, 0.6) is 0 Å². The Hall–Kier alpha value is -1.31. The second-order valence-electron chi connectivity index (χ2n) is 3.23. The molecular weight excluding hydrogens is 172 g/mol. The van der Waals surface area contributed by atoms with Crippen LogP contribution in [0.4, 0.5) is 0 Å². The Morgan fingerprint density at radius 1 is 1.21 bits per heavy atom. The van der Waals surface area contributed by atoms with Crippen LogP contribution in [-0.4, -0.2) is 9.55 Å². The van der Waals surface area contributed by atoms with Crippen LogP contribution >= 0.6 is 0 Å². The first kappa shape index (κ1) is 10.8. The zero-order chi connectivity index (χ0) is 10.7. The van der Waals surface area contributed by atoms with E-state index in [1.165, 1.54) is 10.9 Å². The van der Waals surface area contributed by atoms with E-state index in [0.29, 0.717) is 0 Å². The third kappa shape index (κ3) is 1.79. The number of aromatic nitrogens is 2. The summed E-state index contributed by atoms with van der Waals surface area (Å²) in [6, 6.07) is 4.27. The van der Waals surface area contributed by atoms with Gasteiger partial charge in [-0.15, -0.1) is 0 Å². The van der Waals surface area contributed by atoms with Crippen LogP contribution < -0.4 is 0 Å². The monoisotopic (exact) mass is 190 g/mol. The molecule has 0 amide bonds. The van der Waals surface area contributed by atoms with Gasteiger partial charge in [0.15, 0.2) is 0 Å². The molecule has 2 heterocycles. The maximum Gasteiger partial charge on any atom is 0.139 e. The molecule has 2 aromatic rings. The molecule has 0 saturated heterocycles. The molecule has 0 aromatic carbocycles. The second kappa shape index (κ2) is 4.27. The number of rotatable bonds is 0. The minimum absolute atomic E-state index is 1.07. The van der Waals surface area contributed by atoms with Gasteiger partial charge >= 0.3 is 0 Å². The van der Waals surface area contributed by atoms with E-state index in [4.69, 9.17) is 0 Å². The molecule has 0 spiro atoms. The summed E-state index contributed by atoms with van der Waals surface area (Å²) in [6.45, 7) is 8.14. The Labute approximate surface area is 85.6 Å². The van der Waals surface area contributed by atoms with Gasteiger partial charge in [0.25, 0.3) is 0 Å². The molecule has 76 valence electrons. The first-order chi connectivity index (χ1) is 6.68. The van der Waals surface area contributed by atoms with Crippen LogP contribution in [0.15, 0.2) is 18.3 Å². The van der Waals surface area contributed by atoms with Gasteiger partial charge in [0, 0.05) is 24.3 Å². The maximum atomic E-state index is 4.50. The third-order valence-corrected chi connectivity index (χ3v) is 2.29. The molecule has 2 aromatic heterocycles. The Kier molecular flexibility index (Phi) is 3.28. The Morgan fingerprint density at radius 2 is 1.86 bits per heavy atom. The molecule has 0 atom stereocenters. The number of hydrogen-bond donors (Lipinski definition) is 0. The molecule has 0 saturated carbocycles. The number of pyridine rings is 1. The summed E-state index contributed by atoms with van der Waals surface area (Å²) >= 11 is 0. The Bertz CT molecular complexity index is 427. The SMILES string of the molecule is CC.Cc1cc2ccn(C)c2nc1C.